The third-order valence-electron chi connectivity index (χ3n) is 13.4. The van der Waals surface area contributed by atoms with Crippen LogP contribution in [0.4, 0.5) is 15.3 Å². The summed E-state index contributed by atoms with van der Waals surface area (Å²) >= 11 is 0. The second kappa shape index (κ2) is 26.9. The van der Waals surface area contributed by atoms with Crippen LogP contribution in [0.1, 0.15) is 76.5 Å². The predicted molar refractivity (Wildman–Crippen MR) is 278 cm³/mol. The molecule has 4 aromatic rings. The number of benzene rings is 2. The molecule has 2 unspecified atom stereocenters. The number of unbranched alkanes of at least 4 members (excludes halogenated alkanes) is 2. The normalized spacial score (nSPS) is 15.3. The lowest BCUT2D eigenvalue weighted by molar-refractivity contribution is -0.137. The number of rotatable bonds is 25. The summed E-state index contributed by atoms with van der Waals surface area (Å²) in [5.41, 5.74) is 8.05. The van der Waals surface area contributed by atoms with Crippen molar-refractivity contribution < 1.29 is 52.5 Å². The van der Waals surface area contributed by atoms with Gasteiger partial charge in [-0.15, -0.1) is 0 Å². The number of pyridine rings is 1. The number of nitrogens with zero attached hydrogens (tertiary/aromatic N) is 6. The zero-order valence-corrected chi connectivity index (χ0v) is 43.1. The smallest absolute Gasteiger partial charge is 0.410 e. The van der Waals surface area contributed by atoms with Gasteiger partial charge in [-0.05, 0) is 74.3 Å². The second-order valence-corrected chi connectivity index (χ2v) is 19.1. The van der Waals surface area contributed by atoms with Gasteiger partial charge in [0.05, 0.1) is 42.8 Å². The molecule has 76 heavy (non-hydrogen) atoms. The standard InChI is InChI=1S/C53H67N11O12/c1-34(2)49(60-45(65)9-5-4-6-21-63-46(66)16-17-47(63)67)51(70)59-41(8-7-20-55-52(54)71)50(69)58-36-12-10-35(11-13-36)33-76-53(72)64(32-37-28-43-44(30-56-37)75-27-26-74-43)38-18-22-61(23-19-38)24-25-62-42-29-39(73-3)14-15-40(42)57-31-48(62)68/h10-17,28-31,34,38,41,49H,4-9,18-27,32-33H2,1-3H3,(H,58,69)(H,59,70)(H,60,65)(H3,54,55,71). The molecule has 0 aliphatic carbocycles. The molecule has 0 spiro atoms. The fraction of sp³-hybridized carbons (Fsp3) is 0.472. The van der Waals surface area contributed by atoms with Crippen LogP contribution in [0.5, 0.6) is 17.2 Å². The lowest BCUT2D eigenvalue weighted by Gasteiger charge is -2.38. The second-order valence-electron chi connectivity index (χ2n) is 19.1. The molecule has 1 fully saturated rings. The number of aromatic nitrogens is 3. The molecule has 23 nitrogen and oxygen atoms in total. The first-order chi connectivity index (χ1) is 36.6. The van der Waals surface area contributed by atoms with Crippen LogP contribution in [0.15, 0.2) is 77.9 Å². The van der Waals surface area contributed by atoms with E-state index in [0.717, 1.165) is 4.90 Å². The number of piperidine rings is 1. The van der Waals surface area contributed by atoms with Crippen molar-refractivity contribution in [2.45, 2.75) is 103 Å². The molecular formula is C53H67N11O12. The summed E-state index contributed by atoms with van der Waals surface area (Å²) in [7, 11) is 1.58. The number of fused-ring (bicyclic) bond motifs is 2. The molecule has 23 heteroatoms. The van der Waals surface area contributed by atoms with Crippen LogP contribution in [0.2, 0.25) is 0 Å². The number of primary amides is 1. The summed E-state index contributed by atoms with van der Waals surface area (Å²) in [6.45, 7) is 7.19. The minimum absolute atomic E-state index is 0.0808. The van der Waals surface area contributed by atoms with Gasteiger partial charge < -0.3 is 55.4 Å². The summed E-state index contributed by atoms with van der Waals surface area (Å²) in [5, 5.41) is 10.9. The molecule has 3 aliphatic heterocycles. The summed E-state index contributed by atoms with van der Waals surface area (Å²) in [6, 6.07) is 11.0. The Morgan fingerprint density at radius 3 is 2.28 bits per heavy atom. The molecule has 7 rings (SSSR count). The zero-order valence-electron chi connectivity index (χ0n) is 43.1. The molecule has 2 aromatic carbocycles. The molecule has 406 valence electrons. The lowest BCUT2D eigenvalue weighted by Crippen LogP contribution is -2.54. The average molecular weight is 1050 g/mol. The first-order valence-electron chi connectivity index (χ1n) is 25.7. The van der Waals surface area contributed by atoms with Crippen molar-refractivity contribution in [1.82, 2.24) is 45.2 Å². The number of methoxy groups -OCH3 is 1. The highest BCUT2D eigenvalue weighted by Crippen LogP contribution is 2.31. The number of imide groups is 1. The maximum absolute atomic E-state index is 14.1. The van der Waals surface area contributed by atoms with Crippen LogP contribution < -0.4 is 46.8 Å². The third kappa shape index (κ3) is 15.5. The minimum Gasteiger partial charge on any atom is -0.497 e. The zero-order chi connectivity index (χ0) is 54.1. The highest BCUT2D eigenvalue weighted by Gasteiger charge is 2.32. The van der Waals surface area contributed by atoms with Crippen LogP contribution in [-0.4, -0.2) is 142 Å². The average Bonchev–Trinajstić information content (AvgIpc) is 3.74. The molecule has 8 amide bonds. The highest BCUT2D eigenvalue weighted by atomic mass is 16.6. The Morgan fingerprint density at radius 2 is 1.57 bits per heavy atom. The largest absolute Gasteiger partial charge is 0.497 e. The van der Waals surface area contributed by atoms with Crippen LogP contribution in [0, 0.1) is 5.92 Å². The molecular weight excluding hydrogens is 983 g/mol. The van der Waals surface area contributed by atoms with E-state index in [4.69, 9.17) is 24.7 Å². The number of urea groups is 1. The number of carbonyl (C=O) groups is 7. The fourth-order valence-electron chi connectivity index (χ4n) is 9.14. The topological polar surface area (TPSA) is 288 Å². The Morgan fingerprint density at radius 1 is 0.829 bits per heavy atom. The van der Waals surface area contributed by atoms with E-state index < -0.39 is 36.0 Å². The highest BCUT2D eigenvalue weighted by molar-refractivity contribution is 6.12. The number of anilines is 1. The van der Waals surface area contributed by atoms with E-state index in [2.05, 4.69) is 36.1 Å². The van der Waals surface area contributed by atoms with Crippen molar-refractivity contribution in [2.75, 3.05) is 58.4 Å². The van der Waals surface area contributed by atoms with Gasteiger partial charge in [-0.25, -0.2) is 14.6 Å². The van der Waals surface area contributed by atoms with Crippen LogP contribution in [0.25, 0.3) is 11.0 Å². The minimum atomic E-state index is -1.07. The Kier molecular flexibility index (Phi) is 19.7. The first-order valence-corrected chi connectivity index (χ1v) is 25.7. The summed E-state index contributed by atoms with van der Waals surface area (Å²) < 4.78 is 24.5. The van der Waals surface area contributed by atoms with Gasteiger partial charge in [0.1, 0.15) is 37.7 Å². The Labute approximate surface area is 439 Å². The molecule has 1 saturated heterocycles. The molecule has 3 aliphatic rings. The van der Waals surface area contributed by atoms with Crippen molar-refractivity contribution in [2.24, 2.45) is 11.7 Å². The van der Waals surface area contributed by atoms with Gasteiger partial charge in [0.25, 0.3) is 17.4 Å². The van der Waals surface area contributed by atoms with E-state index in [1.54, 1.807) is 73.0 Å². The first kappa shape index (κ1) is 55.7. The van der Waals surface area contributed by atoms with Gasteiger partial charge in [0.15, 0.2) is 11.5 Å². The lowest BCUT2D eigenvalue weighted by atomic mass is 10.0. The Bertz CT molecular complexity index is 2800. The molecule has 5 heterocycles. The Hall–Kier alpha value is -8.08. The molecule has 2 aromatic heterocycles. The molecule has 2 atom stereocenters. The van der Waals surface area contributed by atoms with Gasteiger partial charge in [-0.1, -0.05) is 32.4 Å². The van der Waals surface area contributed by atoms with Crippen molar-refractivity contribution in [3.8, 4) is 17.2 Å². The summed E-state index contributed by atoms with van der Waals surface area (Å²) in [6.07, 6.45) is 8.20. The monoisotopic (exact) mass is 1050 g/mol. The van der Waals surface area contributed by atoms with Crippen LogP contribution in [0.3, 0.4) is 0 Å². The maximum Gasteiger partial charge on any atom is 0.410 e. The number of amides is 8. The van der Waals surface area contributed by atoms with Crippen LogP contribution >= 0.6 is 0 Å². The summed E-state index contributed by atoms with van der Waals surface area (Å²) in [5.74, 6) is -0.823. The van der Waals surface area contributed by atoms with Gasteiger partial charge in [0.2, 0.25) is 17.7 Å². The van der Waals surface area contributed by atoms with Crippen LogP contribution in [-0.2, 0) is 48.4 Å². The van der Waals surface area contributed by atoms with Gasteiger partial charge >= 0.3 is 12.1 Å². The number of ether oxygens (including phenoxy) is 4. The number of hydrogen-bond acceptors (Lipinski definition) is 15. The number of likely N-dealkylation sites (tertiary alicyclic amines) is 1. The number of carbonyl (C=O) groups excluding carboxylic acids is 7. The van der Waals surface area contributed by atoms with Gasteiger partial charge in [-0.2, -0.15) is 0 Å². The van der Waals surface area contributed by atoms with Gasteiger partial charge in [-0.3, -0.25) is 43.6 Å². The molecule has 0 saturated carbocycles. The van der Waals surface area contributed by atoms with Crippen molar-refractivity contribution in [3.63, 3.8) is 0 Å². The van der Waals surface area contributed by atoms with E-state index in [1.165, 1.54) is 18.3 Å². The van der Waals surface area contributed by atoms with E-state index in [-0.39, 0.29) is 74.3 Å². The fourth-order valence-corrected chi connectivity index (χ4v) is 9.14. The molecule has 0 radical (unpaired) electrons. The quantitative estimate of drug-likeness (QED) is 0.0470. The number of nitrogens with one attached hydrogen (secondary N) is 4. The third-order valence-corrected chi connectivity index (χ3v) is 13.4. The predicted octanol–water partition coefficient (Wildman–Crippen LogP) is 3.37. The van der Waals surface area contributed by atoms with E-state index in [9.17, 15) is 38.4 Å². The number of nitrogens with two attached hydrogens (primary N) is 1. The van der Waals surface area contributed by atoms with Gasteiger partial charge in [0, 0.05) is 81.7 Å². The van der Waals surface area contributed by atoms with Crippen molar-refractivity contribution in [3.05, 3.63) is 94.7 Å². The van der Waals surface area contributed by atoms with E-state index in [1.807, 2.05) is 12.1 Å². The van der Waals surface area contributed by atoms with Crippen molar-refractivity contribution >= 4 is 58.4 Å². The van der Waals surface area contributed by atoms with E-state index in [0.29, 0.717) is 123 Å². The summed E-state index contributed by atoms with van der Waals surface area (Å²) in [4.78, 5) is 116. The van der Waals surface area contributed by atoms with Crippen molar-refractivity contribution in [1.29, 1.82) is 0 Å². The molecule has 0 bridgehead atoms. The van der Waals surface area contributed by atoms with E-state index >= 15 is 0 Å². The Balaban J connectivity index is 0.937. The molecule has 6 N–H and O–H groups in total. The maximum atomic E-state index is 14.1. The SMILES string of the molecule is COc1ccc2ncc(=O)n(CCN3CCC(N(Cc4cc5c(cn4)OCCO5)C(=O)OCc4ccc(NC(=O)C(CCCNC(N)=O)NC(=O)C(NC(=O)CCCCCN5C(=O)C=CC5=O)C(C)C)cc4)CC3)c2c1. The number of hydrogen-bond donors (Lipinski definition) is 5.